The van der Waals surface area contributed by atoms with Crippen molar-refractivity contribution >= 4 is 11.7 Å². The fourth-order valence-electron chi connectivity index (χ4n) is 1.24. The number of nitrogens with one attached hydrogen (secondary N) is 1. The molecule has 1 atom stereocenters. The van der Waals surface area contributed by atoms with Gasteiger partial charge in [-0.1, -0.05) is 17.3 Å². The van der Waals surface area contributed by atoms with Gasteiger partial charge in [-0.25, -0.2) is 4.39 Å². The molecule has 1 amide bonds. The summed E-state index contributed by atoms with van der Waals surface area (Å²) in [5, 5.41) is 13.7. The van der Waals surface area contributed by atoms with Gasteiger partial charge in [0, 0.05) is 0 Å². The lowest BCUT2D eigenvalue weighted by Crippen LogP contribution is -2.43. The number of hydrogen-bond acceptors (Lipinski definition) is 3. The summed E-state index contributed by atoms with van der Waals surface area (Å²) >= 11 is 0. The number of amides is 1. The lowest BCUT2D eigenvalue weighted by atomic mass is 10.1. The van der Waals surface area contributed by atoms with Crippen LogP contribution in [0, 0.1) is 5.82 Å². The van der Waals surface area contributed by atoms with Crippen molar-refractivity contribution in [3.63, 3.8) is 0 Å². The normalized spacial score (nSPS) is 13.2. The van der Waals surface area contributed by atoms with Crippen LogP contribution in [0.2, 0.25) is 0 Å². The van der Waals surface area contributed by atoms with Crippen LogP contribution in [-0.2, 0) is 11.2 Å². The number of halogens is 1. The van der Waals surface area contributed by atoms with Gasteiger partial charge in [0.2, 0.25) is 5.91 Å². The van der Waals surface area contributed by atoms with Gasteiger partial charge < -0.3 is 16.3 Å². The van der Waals surface area contributed by atoms with Crippen LogP contribution in [0.4, 0.5) is 4.39 Å². The molecule has 0 aromatic heterocycles. The molecule has 0 saturated carbocycles. The average Bonchev–Trinajstić information content (AvgIpc) is 2.30. The van der Waals surface area contributed by atoms with Crippen LogP contribution in [0.25, 0.3) is 0 Å². The molecular weight excluding hydrogens is 225 g/mol. The monoisotopic (exact) mass is 239 g/mol. The Balaban J connectivity index is 2.53. The number of nitrogens with zero attached hydrogens (tertiary/aromatic N) is 1. The summed E-state index contributed by atoms with van der Waals surface area (Å²) in [7, 11) is 0. The van der Waals surface area contributed by atoms with Crippen LogP contribution in [0.15, 0.2) is 29.4 Å². The van der Waals surface area contributed by atoms with Crippen LogP contribution in [-0.4, -0.2) is 23.0 Å². The Kier molecular flexibility index (Phi) is 4.45. The predicted molar refractivity (Wildman–Crippen MR) is 61.1 cm³/mol. The lowest BCUT2D eigenvalue weighted by molar-refractivity contribution is -0.120. The molecule has 0 radical (unpaired) electrons. The largest absolute Gasteiger partial charge is 0.409 e. The zero-order chi connectivity index (χ0) is 12.8. The zero-order valence-corrected chi connectivity index (χ0v) is 9.35. The number of carbonyl (C=O) groups is 1. The van der Waals surface area contributed by atoms with E-state index < -0.39 is 6.04 Å². The van der Waals surface area contributed by atoms with Gasteiger partial charge in [-0.3, -0.25) is 4.79 Å². The van der Waals surface area contributed by atoms with E-state index >= 15 is 0 Å². The molecule has 17 heavy (non-hydrogen) atoms. The number of nitrogens with two attached hydrogens (primary N) is 1. The third-order valence-corrected chi connectivity index (χ3v) is 2.21. The number of benzene rings is 1. The zero-order valence-electron chi connectivity index (χ0n) is 9.35. The highest BCUT2D eigenvalue weighted by atomic mass is 19.1. The maximum absolute atomic E-state index is 12.6. The predicted octanol–water partition coefficient (Wildman–Crippen LogP) is 0.619. The van der Waals surface area contributed by atoms with E-state index in [4.69, 9.17) is 10.9 Å². The Morgan fingerprint density at radius 3 is 2.65 bits per heavy atom. The van der Waals surface area contributed by atoms with Crippen molar-refractivity contribution in [1.29, 1.82) is 0 Å². The fourth-order valence-corrected chi connectivity index (χ4v) is 1.24. The van der Waals surface area contributed by atoms with Gasteiger partial charge >= 0.3 is 0 Å². The molecule has 1 rings (SSSR count). The first-order valence-electron chi connectivity index (χ1n) is 5.04. The molecule has 6 heteroatoms. The summed E-state index contributed by atoms with van der Waals surface area (Å²) in [6.45, 7) is 1.59. The molecule has 0 aliphatic carbocycles. The summed E-state index contributed by atoms with van der Waals surface area (Å²) < 4.78 is 12.6. The van der Waals surface area contributed by atoms with Gasteiger partial charge in [-0.05, 0) is 24.6 Å². The molecular formula is C11H14FN3O2. The Hall–Kier alpha value is -2.11. The molecule has 1 aromatic rings. The SMILES string of the molecule is CC(NC(=O)Cc1ccc(F)cc1)/C(N)=N/O. The first-order valence-corrected chi connectivity index (χ1v) is 5.04. The van der Waals surface area contributed by atoms with Crippen LogP contribution in [0.5, 0.6) is 0 Å². The maximum Gasteiger partial charge on any atom is 0.224 e. The van der Waals surface area contributed by atoms with Gasteiger partial charge in [0.05, 0.1) is 12.5 Å². The first-order chi connectivity index (χ1) is 8.02. The highest BCUT2D eigenvalue weighted by Crippen LogP contribution is 2.03. The summed E-state index contributed by atoms with van der Waals surface area (Å²) in [4.78, 5) is 11.5. The topological polar surface area (TPSA) is 87.7 Å². The third kappa shape index (κ3) is 4.10. The molecule has 5 nitrogen and oxygen atoms in total. The van der Waals surface area contributed by atoms with Crippen LogP contribution >= 0.6 is 0 Å². The number of hydrogen-bond donors (Lipinski definition) is 3. The first kappa shape index (κ1) is 13.0. The average molecular weight is 239 g/mol. The van der Waals surface area contributed by atoms with E-state index in [1.165, 1.54) is 24.3 Å². The molecule has 0 aliphatic heterocycles. The van der Waals surface area contributed by atoms with E-state index in [-0.39, 0.29) is 24.0 Å². The van der Waals surface area contributed by atoms with Crippen molar-refractivity contribution in [3.05, 3.63) is 35.6 Å². The molecule has 0 saturated heterocycles. The number of carbonyl (C=O) groups excluding carboxylic acids is 1. The highest BCUT2D eigenvalue weighted by Gasteiger charge is 2.11. The van der Waals surface area contributed by atoms with Gasteiger partial charge in [0.25, 0.3) is 0 Å². The number of amidine groups is 1. The highest BCUT2D eigenvalue weighted by molar-refractivity contribution is 5.90. The maximum atomic E-state index is 12.6. The third-order valence-electron chi connectivity index (χ3n) is 2.21. The lowest BCUT2D eigenvalue weighted by Gasteiger charge is -2.11. The number of rotatable bonds is 4. The minimum atomic E-state index is -0.548. The minimum Gasteiger partial charge on any atom is -0.409 e. The molecule has 4 N–H and O–H groups in total. The van der Waals surface area contributed by atoms with Gasteiger partial charge in [0.15, 0.2) is 5.84 Å². The molecule has 1 unspecified atom stereocenters. The second kappa shape index (κ2) is 5.83. The van der Waals surface area contributed by atoms with Crippen LogP contribution in [0.1, 0.15) is 12.5 Å². The van der Waals surface area contributed by atoms with E-state index in [1.54, 1.807) is 6.92 Å². The Morgan fingerprint density at radius 2 is 2.12 bits per heavy atom. The van der Waals surface area contributed by atoms with Gasteiger partial charge in [-0.15, -0.1) is 0 Å². The second-order valence-corrected chi connectivity index (χ2v) is 3.62. The second-order valence-electron chi connectivity index (χ2n) is 3.62. The standard InChI is InChI=1S/C11H14FN3O2/c1-7(11(13)15-17)14-10(16)6-8-2-4-9(12)5-3-8/h2-5,7,17H,6H2,1H3,(H2,13,15)(H,14,16). The minimum absolute atomic E-state index is 0.0718. The number of oxime groups is 1. The summed E-state index contributed by atoms with van der Waals surface area (Å²) in [5.74, 6) is -0.702. The molecule has 0 heterocycles. The molecule has 0 bridgehead atoms. The molecule has 0 fully saturated rings. The van der Waals surface area contributed by atoms with E-state index in [1.807, 2.05) is 0 Å². The molecule has 92 valence electrons. The van der Waals surface area contributed by atoms with Crippen LogP contribution in [0.3, 0.4) is 0 Å². The van der Waals surface area contributed by atoms with E-state index in [0.29, 0.717) is 5.56 Å². The quantitative estimate of drug-likeness (QED) is 0.311. The van der Waals surface area contributed by atoms with Crippen molar-refractivity contribution in [2.45, 2.75) is 19.4 Å². The van der Waals surface area contributed by atoms with Gasteiger partial charge in [0.1, 0.15) is 5.82 Å². The Bertz CT molecular complexity index is 417. The Morgan fingerprint density at radius 1 is 1.53 bits per heavy atom. The van der Waals surface area contributed by atoms with Crippen molar-refractivity contribution in [2.24, 2.45) is 10.9 Å². The summed E-state index contributed by atoms with van der Waals surface area (Å²) in [6, 6.07) is 5.09. The molecule has 0 aliphatic rings. The van der Waals surface area contributed by atoms with Crippen molar-refractivity contribution in [2.75, 3.05) is 0 Å². The van der Waals surface area contributed by atoms with Crippen molar-refractivity contribution in [3.8, 4) is 0 Å². The van der Waals surface area contributed by atoms with Gasteiger partial charge in [-0.2, -0.15) is 0 Å². The Labute approximate surface area is 98.1 Å². The summed E-state index contributed by atoms with van der Waals surface area (Å²) in [6.07, 6.45) is 0.114. The van der Waals surface area contributed by atoms with Crippen molar-refractivity contribution in [1.82, 2.24) is 5.32 Å². The molecule has 1 aromatic carbocycles. The summed E-state index contributed by atoms with van der Waals surface area (Å²) in [5.41, 5.74) is 6.00. The smallest absolute Gasteiger partial charge is 0.224 e. The van der Waals surface area contributed by atoms with E-state index in [2.05, 4.69) is 10.5 Å². The van der Waals surface area contributed by atoms with E-state index in [9.17, 15) is 9.18 Å². The van der Waals surface area contributed by atoms with Crippen LogP contribution < -0.4 is 11.1 Å². The molecule has 0 spiro atoms. The van der Waals surface area contributed by atoms with E-state index in [0.717, 1.165) is 0 Å². The van der Waals surface area contributed by atoms with Crippen molar-refractivity contribution < 1.29 is 14.4 Å². The fraction of sp³-hybridized carbons (Fsp3) is 0.273.